The average molecular weight is 224 g/mol. The van der Waals surface area contributed by atoms with Crippen LogP contribution in [0.1, 0.15) is 33.6 Å². The summed E-state index contributed by atoms with van der Waals surface area (Å²) in [5, 5.41) is 0. The van der Waals surface area contributed by atoms with Crippen molar-refractivity contribution in [2.75, 3.05) is 0 Å². The van der Waals surface area contributed by atoms with Crippen LogP contribution in [-0.2, 0) is 4.43 Å². The third-order valence-corrected chi connectivity index (χ3v) is 8.02. The van der Waals surface area contributed by atoms with Gasteiger partial charge in [0.2, 0.25) is 8.32 Å². The summed E-state index contributed by atoms with van der Waals surface area (Å²) >= 11 is 0. The van der Waals surface area contributed by atoms with Gasteiger partial charge in [0.05, 0.1) is 5.76 Å². The molecule has 15 heavy (non-hydrogen) atoms. The van der Waals surface area contributed by atoms with Crippen LogP contribution < -0.4 is 0 Å². The molecular weight excluding hydrogens is 200 g/mol. The lowest BCUT2D eigenvalue weighted by molar-refractivity contribution is 0.424. The van der Waals surface area contributed by atoms with Gasteiger partial charge in [-0.2, -0.15) is 0 Å². The Bertz CT molecular complexity index is 229. The first-order chi connectivity index (χ1) is 7.15. The first-order valence-electron chi connectivity index (χ1n) is 6.22. The van der Waals surface area contributed by atoms with Crippen LogP contribution in [0.2, 0.25) is 18.1 Å². The monoisotopic (exact) mass is 224 g/mol. The molecule has 0 radical (unpaired) electrons. The number of allylic oxidation sites excluding steroid dienone is 2. The average Bonchev–Trinajstić information content (AvgIpc) is 3.07. The Morgan fingerprint density at radius 2 is 1.80 bits per heavy atom. The maximum absolute atomic E-state index is 6.12. The molecule has 0 aromatic carbocycles. The summed E-state index contributed by atoms with van der Waals surface area (Å²) in [5.74, 6) is 1.70. The van der Waals surface area contributed by atoms with Crippen molar-refractivity contribution in [1.29, 1.82) is 0 Å². The molecule has 0 amide bonds. The highest BCUT2D eigenvalue weighted by Gasteiger charge is 2.30. The van der Waals surface area contributed by atoms with Crippen molar-refractivity contribution in [3.63, 3.8) is 0 Å². The van der Waals surface area contributed by atoms with E-state index in [1.165, 1.54) is 31.0 Å². The topological polar surface area (TPSA) is 9.23 Å². The fourth-order valence-corrected chi connectivity index (χ4v) is 4.37. The molecule has 0 N–H and O–H groups in total. The van der Waals surface area contributed by atoms with Crippen LogP contribution in [0.5, 0.6) is 0 Å². The number of rotatable bonds is 7. The predicted octanol–water partition coefficient (Wildman–Crippen LogP) is 4.49. The largest absolute Gasteiger partial charge is 0.544 e. The molecule has 1 fully saturated rings. The fraction of sp³-hybridized carbons (Fsp3) is 0.692. The van der Waals surface area contributed by atoms with E-state index in [2.05, 4.69) is 39.5 Å². The summed E-state index contributed by atoms with van der Waals surface area (Å²) in [6.07, 6.45) is 7.03. The number of hydrogen-bond acceptors (Lipinski definition) is 1. The highest BCUT2D eigenvalue weighted by Crippen LogP contribution is 2.31. The van der Waals surface area contributed by atoms with Crippen molar-refractivity contribution in [3.8, 4) is 0 Å². The van der Waals surface area contributed by atoms with Gasteiger partial charge in [-0.3, -0.25) is 0 Å². The molecule has 0 aromatic heterocycles. The van der Waals surface area contributed by atoms with E-state index >= 15 is 0 Å². The van der Waals surface area contributed by atoms with E-state index in [1.54, 1.807) is 0 Å². The lowest BCUT2D eigenvalue weighted by Crippen LogP contribution is -2.34. The van der Waals surface area contributed by atoms with Gasteiger partial charge in [-0.15, -0.1) is 0 Å². The molecule has 0 atom stereocenters. The molecule has 0 unspecified atom stereocenters. The third-order valence-electron chi connectivity index (χ3n) is 3.46. The van der Waals surface area contributed by atoms with Crippen LogP contribution in [0.4, 0.5) is 0 Å². The van der Waals surface area contributed by atoms with E-state index in [4.69, 9.17) is 4.43 Å². The van der Waals surface area contributed by atoms with Crippen LogP contribution >= 0.6 is 0 Å². The molecule has 1 saturated carbocycles. The Labute approximate surface area is 95.4 Å². The first-order valence-corrected chi connectivity index (χ1v) is 8.75. The molecule has 0 aliphatic heterocycles. The molecule has 1 aliphatic rings. The first kappa shape index (κ1) is 12.6. The van der Waals surface area contributed by atoms with Crippen molar-refractivity contribution in [2.24, 2.45) is 5.92 Å². The maximum Gasteiger partial charge on any atom is 0.250 e. The Balaban J connectivity index is 2.45. The minimum absolute atomic E-state index is 0.811. The van der Waals surface area contributed by atoms with Gasteiger partial charge in [0.15, 0.2) is 0 Å². The molecule has 1 nitrogen and oxygen atoms in total. The molecule has 0 bridgehead atoms. The Hall–Kier alpha value is -0.503. The summed E-state index contributed by atoms with van der Waals surface area (Å²) in [5.41, 5.74) is 0. The van der Waals surface area contributed by atoms with Crippen molar-refractivity contribution >= 4 is 8.32 Å². The highest BCUT2D eigenvalue weighted by molar-refractivity contribution is 6.73. The normalized spacial score (nSPS) is 17.0. The second-order valence-corrected chi connectivity index (χ2v) is 9.20. The summed E-state index contributed by atoms with van der Waals surface area (Å²) in [7, 11) is -1.48. The van der Waals surface area contributed by atoms with Crippen LogP contribution in [0, 0.1) is 5.92 Å². The zero-order chi connectivity index (χ0) is 11.3. The van der Waals surface area contributed by atoms with Gasteiger partial charge in [0.1, 0.15) is 0 Å². The van der Waals surface area contributed by atoms with Gasteiger partial charge in [0.25, 0.3) is 0 Å². The number of hydrogen-bond donors (Lipinski definition) is 0. The van der Waals surface area contributed by atoms with Gasteiger partial charge in [-0.1, -0.05) is 33.4 Å². The van der Waals surface area contributed by atoms with E-state index in [-0.39, 0.29) is 0 Å². The highest BCUT2D eigenvalue weighted by atomic mass is 28.4. The van der Waals surface area contributed by atoms with Crippen LogP contribution in [0.3, 0.4) is 0 Å². The van der Waals surface area contributed by atoms with E-state index in [0.717, 1.165) is 11.7 Å². The van der Waals surface area contributed by atoms with Gasteiger partial charge >= 0.3 is 0 Å². The van der Waals surface area contributed by atoms with Crippen LogP contribution in [-0.4, -0.2) is 8.32 Å². The van der Waals surface area contributed by atoms with Gasteiger partial charge in [-0.25, -0.2) is 0 Å². The smallest absolute Gasteiger partial charge is 0.250 e. The molecule has 2 heteroatoms. The third kappa shape index (κ3) is 3.86. The van der Waals surface area contributed by atoms with E-state index in [9.17, 15) is 0 Å². The molecule has 0 spiro atoms. The molecule has 1 aliphatic carbocycles. The van der Waals surface area contributed by atoms with Gasteiger partial charge in [-0.05, 0) is 43.0 Å². The Morgan fingerprint density at radius 1 is 1.27 bits per heavy atom. The maximum atomic E-state index is 6.12. The van der Waals surface area contributed by atoms with E-state index in [1.807, 2.05) is 0 Å². The van der Waals surface area contributed by atoms with Crippen molar-refractivity contribution in [2.45, 2.75) is 51.7 Å². The van der Waals surface area contributed by atoms with Crippen molar-refractivity contribution < 1.29 is 4.43 Å². The standard InChI is InChI=1S/C13H24OSi/c1-5-15(6-2,7-3)14-12(4)8-9-13-10-11-13/h8-9,13H,4-7,10-11H2,1-3H3/b9-8+. The lowest BCUT2D eigenvalue weighted by Gasteiger charge is -2.29. The minimum Gasteiger partial charge on any atom is -0.544 e. The summed E-state index contributed by atoms with van der Waals surface area (Å²) in [6, 6.07) is 3.57. The van der Waals surface area contributed by atoms with Gasteiger partial charge < -0.3 is 4.43 Å². The predicted molar refractivity (Wildman–Crippen MR) is 69.3 cm³/mol. The van der Waals surface area contributed by atoms with Crippen LogP contribution in [0.25, 0.3) is 0 Å². The quantitative estimate of drug-likeness (QED) is 0.352. The van der Waals surface area contributed by atoms with Crippen LogP contribution in [0.15, 0.2) is 24.5 Å². The summed E-state index contributed by atoms with van der Waals surface area (Å²) in [4.78, 5) is 0. The minimum atomic E-state index is -1.48. The molecule has 0 saturated heterocycles. The summed E-state index contributed by atoms with van der Waals surface area (Å²) < 4.78 is 6.12. The Morgan fingerprint density at radius 3 is 2.20 bits per heavy atom. The summed E-state index contributed by atoms with van der Waals surface area (Å²) in [6.45, 7) is 10.8. The zero-order valence-electron chi connectivity index (χ0n) is 10.4. The molecule has 0 heterocycles. The van der Waals surface area contributed by atoms with E-state index < -0.39 is 8.32 Å². The fourth-order valence-electron chi connectivity index (χ4n) is 1.81. The zero-order valence-corrected chi connectivity index (χ0v) is 11.4. The van der Waals surface area contributed by atoms with E-state index in [0.29, 0.717) is 0 Å². The molecule has 0 aromatic rings. The van der Waals surface area contributed by atoms with Crippen molar-refractivity contribution in [1.82, 2.24) is 0 Å². The molecule has 1 rings (SSSR count). The van der Waals surface area contributed by atoms with Gasteiger partial charge in [0, 0.05) is 0 Å². The lowest BCUT2D eigenvalue weighted by atomic mass is 10.3. The second-order valence-electron chi connectivity index (χ2n) is 4.51. The second kappa shape index (κ2) is 5.55. The molecule has 86 valence electrons. The Kier molecular flexibility index (Phi) is 4.65. The van der Waals surface area contributed by atoms with Crippen molar-refractivity contribution in [3.05, 3.63) is 24.5 Å². The SMILES string of the molecule is C=C(/C=C/C1CC1)O[Si](CC)(CC)CC. The molecular formula is C13H24OSi.